The van der Waals surface area contributed by atoms with E-state index in [1.807, 2.05) is 41.2 Å². The largest absolute Gasteiger partial charge is 0.369 e. The van der Waals surface area contributed by atoms with Gasteiger partial charge >= 0.3 is 0 Å². The van der Waals surface area contributed by atoms with Crippen molar-refractivity contribution in [1.82, 2.24) is 29.9 Å². The summed E-state index contributed by atoms with van der Waals surface area (Å²) in [6.45, 7) is 3.89. The van der Waals surface area contributed by atoms with E-state index < -0.39 is 0 Å². The molecule has 0 atom stereocenters. The van der Waals surface area contributed by atoms with Crippen LogP contribution in [0.25, 0.3) is 0 Å². The number of aromatic nitrogens is 5. The topological polar surface area (TPSA) is 104 Å². The maximum Gasteiger partial charge on any atom is 0.251 e. The summed E-state index contributed by atoms with van der Waals surface area (Å²) in [5.41, 5.74) is 11.2. The van der Waals surface area contributed by atoms with Crippen molar-refractivity contribution in [2.24, 2.45) is 0 Å². The van der Waals surface area contributed by atoms with Gasteiger partial charge < -0.3 is 15.6 Å². The summed E-state index contributed by atoms with van der Waals surface area (Å²) in [4.78, 5) is 16.8. The number of imidazole rings is 1. The number of amides is 1. The van der Waals surface area contributed by atoms with E-state index >= 15 is 0 Å². The Bertz CT molecular complexity index is 1400. The second kappa shape index (κ2) is 15.6. The number of nitrogen functional groups attached to an aromatic ring is 1. The molecule has 218 valence electrons. The average Bonchev–Trinajstić information content (AvgIpc) is 3.57. The van der Waals surface area contributed by atoms with Gasteiger partial charge in [0, 0.05) is 24.0 Å². The van der Waals surface area contributed by atoms with Gasteiger partial charge in [-0.25, -0.2) is 4.98 Å². The lowest BCUT2D eigenvalue weighted by Gasteiger charge is -2.11. The average molecular weight is 597 g/mol. The number of nitrogens with zero attached hydrogens (tertiary/aromatic N) is 5. The quantitative estimate of drug-likeness (QED) is 0.143. The van der Waals surface area contributed by atoms with Crippen LogP contribution in [0.3, 0.4) is 0 Å². The zero-order valence-corrected chi connectivity index (χ0v) is 25.2. The molecule has 0 aliphatic carbocycles. The Labute approximate surface area is 252 Å². The zero-order valence-electron chi connectivity index (χ0n) is 23.7. The Balaban J connectivity index is 1.14. The summed E-state index contributed by atoms with van der Waals surface area (Å²) in [7, 11) is 0. The van der Waals surface area contributed by atoms with Gasteiger partial charge in [0.1, 0.15) is 0 Å². The molecule has 0 spiro atoms. The Kier molecular flexibility index (Phi) is 11.6. The number of carbonyl (C=O) groups is 1. The highest BCUT2D eigenvalue weighted by Gasteiger charge is 2.10. The number of carbonyl (C=O) groups excluding carboxylic acids is 1. The molecule has 2 heterocycles. The maximum absolute atomic E-state index is 12.5. The minimum Gasteiger partial charge on any atom is -0.369 e. The van der Waals surface area contributed by atoms with Gasteiger partial charge in [-0.3, -0.25) is 9.48 Å². The molecule has 4 aromatic rings. The molecule has 0 aliphatic rings. The molecule has 3 N–H and O–H groups in total. The molecule has 1 amide bonds. The molecule has 0 aliphatic heterocycles. The van der Waals surface area contributed by atoms with E-state index in [0.717, 1.165) is 55.5 Å². The van der Waals surface area contributed by atoms with Crippen LogP contribution in [-0.4, -0.2) is 37.0 Å². The zero-order chi connectivity index (χ0) is 29.0. The molecule has 0 radical (unpaired) electrons. The van der Waals surface area contributed by atoms with Crippen molar-refractivity contribution < 1.29 is 4.79 Å². The fourth-order valence-electron chi connectivity index (χ4n) is 4.77. The summed E-state index contributed by atoms with van der Waals surface area (Å²) < 4.78 is 3.81. The van der Waals surface area contributed by atoms with E-state index in [4.69, 9.17) is 28.9 Å². The van der Waals surface area contributed by atoms with Gasteiger partial charge in [-0.05, 0) is 73.9 Å². The van der Waals surface area contributed by atoms with Gasteiger partial charge in [-0.2, -0.15) is 0 Å². The third kappa shape index (κ3) is 9.33. The van der Waals surface area contributed by atoms with Crippen molar-refractivity contribution in [3.8, 4) is 0 Å². The van der Waals surface area contributed by atoms with Gasteiger partial charge in [0.2, 0.25) is 5.95 Å². The Morgan fingerprint density at radius 3 is 2.46 bits per heavy atom. The molecule has 41 heavy (non-hydrogen) atoms. The molecule has 0 bridgehead atoms. The molecule has 0 unspecified atom stereocenters. The number of hydrogen-bond acceptors (Lipinski definition) is 5. The Morgan fingerprint density at radius 1 is 0.927 bits per heavy atom. The van der Waals surface area contributed by atoms with Crippen molar-refractivity contribution in [2.45, 2.75) is 77.8 Å². The van der Waals surface area contributed by atoms with Crippen LogP contribution in [0, 0.1) is 0 Å². The van der Waals surface area contributed by atoms with Gasteiger partial charge in [0.15, 0.2) is 0 Å². The van der Waals surface area contributed by atoms with E-state index in [-0.39, 0.29) is 5.91 Å². The first-order chi connectivity index (χ1) is 19.9. The third-order valence-electron chi connectivity index (χ3n) is 7.16. The highest BCUT2D eigenvalue weighted by molar-refractivity contribution is 6.42. The van der Waals surface area contributed by atoms with Crippen molar-refractivity contribution in [2.75, 3.05) is 12.3 Å². The second-order valence-electron chi connectivity index (χ2n) is 10.4. The summed E-state index contributed by atoms with van der Waals surface area (Å²) >= 11 is 12.2. The van der Waals surface area contributed by atoms with Crippen LogP contribution in [0.2, 0.25) is 10.0 Å². The standard InChI is InChI=1S/C31H39Cl2N7O/c1-2-3-5-8-23-11-14-25(15-12-23)30(41)35-17-18-39-22-26(37-38-39)9-6-4-7-10-27-20-36-31(34)40(27)21-24-13-16-28(32)29(33)19-24/h11-16,19-20,22H,2-10,17-18,21H2,1H3,(H2,34,36)(H,35,41). The van der Waals surface area contributed by atoms with Crippen LogP contribution in [0.15, 0.2) is 54.9 Å². The van der Waals surface area contributed by atoms with Crippen LogP contribution >= 0.6 is 23.2 Å². The maximum atomic E-state index is 12.5. The van der Waals surface area contributed by atoms with Crippen molar-refractivity contribution in [1.29, 1.82) is 0 Å². The summed E-state index contributed by atoms with van der Waals surface area (Å²) in [6.07, 6.45) is 13.3. The van der Waals surface area contributed by atoms with Crippen LogP contribution < -0.4 is 11.1 Å². The number of benzene rings is 2. The first-order valence-electron chi connectivity index (χ1n) is 14.4. The molecule has 2 aromatic heterocycles. The number of nitrogens with two attached hydrogens (primary N) is 1. The molecule has 0 saturated carbocycles. The minimum absolute atomic E-state index is 0.0643. The first-order valence-corrected chi connectivity index (χ1v) is 15.2. The fraction of sp³-hybridized carbons (Fsp3) is 0.419. The van der Waals surface area contributed by atoms with Crippen molar-refractivity contribution in [3.63, 3.8) is 0 Å². The van der Waals surface area contributed by atoms with E-state index in [0.29, 0.717) is 41.2 Å². The van der Waals surface area contributed by atoms with Crippen LogP contribution in [-0.2, 0) is 32.4 Å². The van der Waals surface area contributed by atoms with E-state index in [1.54, 1.807) is 10.7 Å². The van der Waals surface area contributed by atoms with E-state index in [1.165, 1.54) is 24.8 Å². The molecular formula is C31H39Cl2N7O. The summed E-state index contributed by atoms with van der Waals surface area (Å²) in [5, 5.41) is 12.6. The van der Waals surface area contributed by atoms with Gasteiger partial charge in [0.25, 0.3) is 5.91 Å². The lowest BCUT2D eigenvalue weighted by Crippen LogP contribution is -2.27. The lowest BCUT2D eigenvalue weighted by atomic mass is 10.1. The normalized spacial score (nSPS) is 11.2. The number of unbranched alkanes of at least 4 members (excludes halogenated alkanes) is 4. The van der Waals surface area contributed by atoms with Gasteiger partial charge in [-0.15, -0.1) is 5.10 Å². The molecule has 10 heteroatoms. The fourth-order valence-corrected chi connectivity index (χ4v) is 5.09. The summed E-state index contributed by atoms with van der Waals surface area (Å²) in [6, 6.07) is 13.5. The smallest absolute Gasteiger partial charge is 0.251 e. The monoisotopic (exact) mass is 595 g/mol. The molecule has 4 rings (SSSR count). The highest BCUT2D eigenvalue weighted by atomic mass is 35.5. The number of hydrogen-bond donors (Lipinski definition) is 2. The van der Waals surface area contributed by atoms with Gasteiger partial charge in [0.05, 0.1) is 35.0 Å². The van der Waals surface area contributed by atoms with Crippen molar-refractivity contribution >= 4 is 35.1 Å². The lowest BCUT2D eigenvalue weighted by molar-refractivity contribution is 0.0952. The van der Waals surface area contributed by atoms with Crippen LogP contribution in [0.1, 0.15) is 78.3 Å². The number of halogens is 2. The molecule has 0 fully saturated rings. The van der Waals surface area contributed by atoms with Crippen LogP contribution in [0.4, 0.5) is 5.95 Å². The number of anilines is 1. The van der Waals surface area contributed by atoms with Gasteiger partial charge in [-0.1, -0.05) is 72.8 Å². The van der Waals surface area contributed by atoms with Crippen LogP contribution in [0.5, 0.6) is 0 Å². The Hall–Kier alpha value is -3.36. The molecule has 2 aromatic carbocycles. The SMILES string of the molecule is CCCCCc1ccc(C(=O)NCCn2cc(CCCCCc3cnc(N)n3Cc3ccc(Cl)c(Cl)c3)nn2)cc1. The van der Waals surface area contributed by atoms with E-state index in [2.05, 4.69) is 39.7 Å². The predicted octanol–water partition coefficient (Wildman–Crippen LogP) is 6.53. The molecular weight excluding hydrogens is 557 g/mol. The number of aryl methyl sites for hydroxylation is 3. The third-order valence-corrected chi connectivity index (χ3v) is 7.90. The van der Waals surface area contributed by atoms with E-state index in [9.17, 15) is 4.79 Å². The minimum atomic E-state index is -0.0643. The summed E-state index contributed by atoms with van der Waals surface area (Å²) in [5.74, 6) is 0.431. The number of rotatable bonds is 16. The second-order valence-corrected chi connectivity index (χ2v) is 11.2. The predicted molar refractivity (Wildman–Crippen MR) is 165 cm³/mol. The molecule has 0 saturated heterocycles. The Morgan fingerprint density at radius 2 is 1.68 bits per heavy atom. The first kappa shape index (κ1) is 30.6. The highest BCUT2D eigenvalue weighted by Crippen LogP contribution is 2.24. The molecule has 8 nitrogen and oxygen atoms in total. The number of nitrogens with one attached hydrogen (secondary N) is 1. The van der Waals surface area contributed by atoms with Crippen molar-refractivity contribution in [3.05, 3.63) is 93.0 Å².